The van der Waals surface area contributed by atoms with Crippen LogP contribution in [0.2, 0.25) is 0 Å². The molecule has 5 aliphatic rings. The van der Waals surface area contributed by atoms with Gasteiger partial charge in [-0.1, -0.05) is 0 Å². The van der Waals surface area contributed by atoms with Crippen molar-refractivity contribution in [1.29, 1.82) is 0 Å². The second-order valence-electron chi connectivity index (χ2n) is 8.49. The first-order valence-electron chi connectivity index (χ1n) is 9.00. The van der Waals surface area contributed by atoms with Crippen LogP contribution in [0.4, 0.5) is 0 Å². The second-order valence-corrected chi connectivity index (χ2v) is 8.49. The normalized spacial score (nSPS) is 41.1. The maximum absolute atomic E-state index is 6.89. The topological polar surface area (TPSA) is 12.5 Å². The van der Waals surface area contributed by atoms with E-state index in [9.17, 15) is 0 Å². The molecule has 118 valence electrons. The van der Waals surface area contributed by atoms with E-state index in [-0.39, 0.29) is 5.60 Å². The van der Waals surface area contributed by atoms with Crippen molar-refractivity contribution in [3.8, 4) is 5.75 Å². The van der Waals surface area contributed by atoms with Crippen LogP contribution < -0.4 is 4.74 Å². The molecule has 2 heteroatoms. The third kappa shape index (κ3) is 1.45. The van der Waals surface area contributed by atoms with Crippen LogP contribution in [-0.4, -0.2) is 30.1 Å². The Hall–Kier alpha value is -1.02. The minimum Gasteiger partial charge on any atom is -0.486 e. The van der Waals surface area contributed by atoms with E-state index >= 15 is 0 Å². The van der Waals surface area contributed by atoms with Crippen molar-refractivity contribution in [3.05, 3.63) is 27.8 Å². The molecule has 0 aromatic heterocycles. The van der Waals surface area contributed by atoms with E-state index in [0.29, 0.717) is 0 Å². The molecule has 4 aliphatic heterocycles. The number of fused-ring (bicyclic) bond motifs is 1. The van der Waals surface area contributed by atoms with Crippen molar-refractivity contribution in [2.24, 2.45) is 17.8 Å². The molecule has 1 aromatic rings. The molecule has 1 aromatic carbocycles. The molecule has 1 spiro atoms. The highest BCUT2D eigenvalue weighted by Crippen LogP contribution is 2.57. The predicted molar refractivity (Wildman–Crippen MR) is 88.6 cm³/mol. The van der Waals surface area contributed by atoms with E-state index in [1.54, 1.807) is 0 Å². The van der Waals surface area contributed by atoms with E-state index in [1.165, 1.54) is 72.5 Å². The molecule has 4 heterocycles. The minimum atomic E-state index is 0.130. The molecule has 0 radical (unpaired) electrons. The zero-order valence-electron chi connectivity index (χ0n) is 14.3. The number of hydrogen-bond donors (Lipinski definition) is 0. The average molecular weight is 297 g/mol. The number of ether oxygens (including phenoxy) is 1. The molecule has 4 bridgehead atoms. The summed E-state index contributed by atoms with van der Waals surface area (Å²) in [4.78, 5) is 2.71. The highest BCUT2D eigenvalue weighted by Gasteiger charge is 2.61. The number of piperidine rings is 3. The van der Waals surface area contributed by atoms with E-state index in [2.05, 4.69) is 32.6 Å². The fraction of sp³-hybridized carbons (Fsp3) is 0.700. The standard InChI is InChI=1S/C20H27NO/c1-11-12(2)14(4)19-18(13(11)3)7-20(22-19)16-5-15-6-17(20)10-21(8-15)9-16/h15-17H,5-10H2,1-4H3/t15?,16-,17+,20?. The summed E-state index contributed by atoms with van der Waals surface area (Å²) in [6.07, 6.45) is 3.97. The van der Waals surface area contributed by atoms with Crippen LogP contribution in [0.5, 0.6) is 5.75 Å². The molecule has 6 rings (SSSR count). The Kier molecular flexibility index (Phi) is 2.49. The maximum atomic E-state index is 6.89. The average Bonchev–Trinajstić information content (AvgIpc) is 2.90. The van der Waals surface area contributed by atoms with E-state index in [0.717, 1.165) is 17.8 Å². The van der Waals surface area contributed by atoms with E-state index < -0.39 is 0 Å². The van der Waals surface area contributed by atoms with Crippen LogP contribution in [0.1, 0.15) is 40.7 Å². The largest absolute Gasteiger partial charge is 0.486 e. The Morgan fingerprint density at radius 3 is 2.14 bits per heavy atom. The molecule has 0 amide bonds. The molecule has 0 N–H and O–H groups in total. The highest BCUT2D eigenvalue weighted by molar-refractivity contribution is 5.57. The van der Waals surface area contributed by atoms with Gasteiger partial charge in [0.2, 0.25) is 0 Å². The van der Waals surface area contributed by atoms with Crippen LogP contribution in [0, 0.1) is 45.4 Å². The summed E-state index contributed by atoms with van der Waals surface area (Å²) >= 11 is 0. The van der Waals surface area contributed by atoms with Crippen molar-refractivity contribution in [1.82, 2.24) is 4.90 Å². The smallest absolute Gasteiger partial charge is 0.126 e. The van der Waals surface area contributed by atoms with Crippen molar-refractivity contribution in [3.63, 3.8) is 0 Å². The third-order valence-corrected chi connectivity index (χ3v) is 7.59. The van der Waals surface area contributed by atoms with Crippen LogP contribution in [-0.2, 0) is 6.42 Å². The van der Waals surface area contributed by atoms with Crippen LogP contribution in [0.15, 0.2) is 0 Å². The van der Waals surface area contributed by atoms with Crippen molar-refractivity contribution < 1.29 is 4.74 Å². The summed E-state index contributed by atoms with van der Waals surface area (Å²) in [5.41, 5.74) is 7.45. The minimum absolute atomic E-state index is 0.130. The number of hydrogen-bond acceptors (Lipinski definition) is 2. The number of rotatable bonds is 0. The van der Waals surface area contributed by atoms with Gasteiger partial charge in [0.15, 0.2) is 0 Å². The zero-order chi connectivity index (χ0) is 15.2. The fourth-order valence-corrected chi connectivity index (χ4v) is 6.12. The third-order valence-electron chi connectivity index (χ3n) is 7.59. The van der Waals surface area contributed by atoms with Gasteiger partial charge in [0.05, 0.1) is 0 Å². The molecular formula is C20H27NO. The second kappa shape index (κ2) is 4.08. The van der Waals surface area contributed by atoms with Gasteiger partial charge >= 0.3 is 0 Å². The Morgan fingerprint density at radius 1 is 0.864 bits per heavy atom. The highest BCUT2D eigenvalue weighted by atomic mass is 16.5. The Labute approximate surface area is 133 Å². The SMILES string of the molecule is Cc1c(C)c(C)c2c(c1C)CC1(O2)[C@@H]2CC3C[C@H]1CN(C3)C2. The van der Waals surface area contributed by atoms with Gasteiger partial charge < -0.3 is 9.64 Å². The lowest BCUT2D eigenvalue weighted by atomic mass is 9.58. The van der Waals surface area contributed by atoms with Gasteiger partial charge in [-0.3, -0.25) is 0 Å². The van der Waals surface area contributed by atoms with Gasteiger partial charge in [0.25, 0.3) is 0 Å². The zero-order valence-corrected chi connectivity index (χ0v) is 14.3. The van der Waals surface area contributed by atoms with Gasteiger partial charge in [0.1, 0.15) is 11.4 Å². The van der Waals surface area contributed by atoms with Crippen LogP contribution in [0.25, 0.3) is 0 Å². The molecule has 5 atom stereocenters. The fourth-order valence-electron chi connectivity index (χ4n) is 6.12. The lowest BCUT2D eigenvalue weighted by molar-refractivity contribution is -0.158. The quantitative estimate of drug-likeness (QED) is 0.726. The van der Waals surface area contributed by atoms with Gasteiger partial charge in [-0.2, -0.15) is 0 Å². The lowest BCUT2D eigenvalue weighted by Crippen LogP contribution is -2.68. The number of benzene rings is 1. The summed E-state index contributed by atoms with van der Waals surface area (Å²) in [7, 11) is 0. The van der Waals surface area contributed by atoms with Gasteiger partial charge in [-0.25, -0.2) is 0 Å². The first-order valence-corrected chi connectivity index (χ1v) is 9.00. The Morgan fingerprint density at radius 2 is 1.50 bits per heavy atom. The molecule has 3 saturated heterocycles. The molecule has 1 aliphatic carbocycles. The summed E-state index contributed by atoms with van der Waals surface area (Å²) in [5.74, 6) is 3.71. The summed E-state index contributed by atoms with van der Waals surface area (Å²) < 4.78 is 6.89. The summed E-state index contributed by atoms with van der Waals surface area (Å²) in [6.45, 7) is 13.0. The maximum Gasteiger partial charge on any atom is 0.126 e. The number of nitrogens with zero attached hydrogens (tertiary/aromatic N) is 1. The molecule has 4 fully saturated rings. The molecule has 2 nitrogen and oxygen atoms in total. The summed E-state index contributed by atoms with van der Waals surface area (Å²) in [5, 5.41) is 0. The molecule has 1 saturated carbocycles. The first kappa shape index (κ1) is 13.4. The molecule has 22 heavy (non-hydrogen) atoms. The Bertz CT molecular complexity index is 608. The monoisotopic (exact) mass is 297 g/mol. The predicted octanol–water partition coefficient (Wildman–Crippen LogP) is 3.57. The van der Waals surface area contributed by atoms with Crippen molar-refractivity contribution >= 4 is 0 Å². The molecule has 3 unspecified atom stereocenters. The van der Waals surface area contributed by atoms with Crippen molar-refractivity contribution in [2.45, 2.75) is 52.6 Å². The van der Waals surface area contributed by atoms with Gasteiger partial charge in [0, 0.05) is 43.5 Å². The van der Waals surface area contributed by atoms with E-state index in [4.69, 9.17) is 4.74 Å². The Balaban J connectivity index is 1.63. The van der Waals surface area contributed by atoms with E-state index in [1.807, 2.05) is 0 Å². The lowest BCUT2D eigenvalue weighted by Gasteiger charge is -2.60. The molecular weight excluding hydrogens is 270 g/mol. The van der Waals surface area contributed by atoms with Gasteiger partial charge in [-0.15, -0.1) is 0 Å². The van der Waals surface area contributed by atoms with Crippen molar-refractivity contribution in [2.75, 3.05) is 19.6 Å². The van der Waals surface area contributed by atoms with Gasteiger partial charge in [-0.05, 0) is 68.7 Å². The summed E-state index contributed by atoms with van der Waals surface area (Å²) in [6, 6.07) is 0. The van der Waals surface area contributed by atoms with Crippen LogP contribution in [0.3, 0.4) is 0 Å². The first-order chi connectivity index (χ1) is 10.5. The van der Waals surface area contributed by atoms with Crippen LogP contribution >= 0.6 is 0 Å².